The predicted octanol–water partition coefficient (Wildman–Crippen LogP) is 0.903. The molecule has 0 aliphatic heterocycles. The van der Waals surface area contributed by atoms with E-state index in [0.717, 1.165) is 18.9 Å². The number of anilines is 1. The van der Waals surface area contributed by atoms with Crippen LogP contribution in [-0.4, -0.2) is 56.2 Å². The number of rotatable bonds is 7. The molecule has 2 aliphatic rings. The molecule has 2 aliphatic carbocycles. The third-order valence-electron chi connectivity index (χ3n) is 6.90. The lowest BCUT2D eigenvalue weighted by molar-refractivity contribution is 0.386. The molecule has 0 atom stereocenters. The number of aromatic hydroxyl groups is 1. The van der Waals surface area contributed by atoms with Crippen molar-refractivity contribution in [1.29, 1.82) is 0 Å². The summed E-state index contributed by atoms with van der Waals surface area (Å²) in [6.07, 6.45) is 7.73. The maximum absolute atomic E-state index is 14.0. The molecule has 3 heterocycles. The van der Waals surface area contributed by atoms with E-state index in [1.165, 1.54) is 18.2 Å². The Morgan fingerprint density at radius 2 is 1.85 bits per heavy atom. The van der Waals surface area contributed by atoms with E-state index < -0.39 is 21.5 Å². The van der Waals surface area contributed by atoms with Crippen molar-refractivity contribution in [2.24, 2.45) is 4.99 Å². The van der Waals surface area contributed by atoms with Crippen LogP contribution >= 0.6 is 0 Å². The SMILES string of the molecule is O=c1[nH]c(O)c(C=c2cnn3c(=NC4CC4)cc(NC4CCC(NS(=O)(=O)c5ccccc5F)CC4)nc23)[nH]1. The second kappa shape index (κ2) is 9.93. The molecule has 0 amide bonds. The number of sulfonamides is 1. The first-order chi connectivity index (χ1) is 18.7. The summed E-state index contributed by atoms with van der Waals surface area (Å²) in [6, 6.07) is 7.17. The second-order valence-electron chi connectivity index (χ2n) is 9.93. The number of benzene rings is 1. The molecule has 2 fully saturated rings. The minimum absolute atomic E-state index is 0.0448. The van der Waals surface area contributed by atoms with Crippen molar-refractivity contribution >= 4 is 27.6 Å². The highest BCUT2D eigenvalue weighted by Crippen LogP contribution is 2.25. The topological polar surface area (TPSA) is 170 Å². The van der Waals surface area contributed by atoms with Crippen LogP contribution in [0.2, 0.25) is 0 Å². The zero-order valence-corrected chi connectivity index (χ0v) is 21.6. The molecular weight excluding hydrogens is 527 g/mol. The third-order valence-corrected chi connectivity index (χ3v) is 8.46. The number of nitrogens with one attached hydrogen (secondary N) is 4. The zero-order valence-electron chi connectivity index (χ0n) is 20.8. The molecule has 14 heteroatoms. The first-order valence-electron chi connectivity index (χ1n) is 12.7. The molecule has 4 aromatic rings. The van der Waals surface area contributed by atoms with Gasteiger partial charge in [-0.3, -0.25) is 9.98 Å². The van der Waals surface area contributed by atoms with E-state index in [-0.39, 0.29) is 34.6 Å². The lowest BCUT2D eigenvalue weighted by Gasteiger charge is -2.29. The van der Waals surface area contributed by atoms with Crippen LogP contribution in [0.1, 0.15) is 44.2 Å². The molecule has 0 bridgehead atoms. The van der Waals surface area contributed by atoms with E-state index >= 15 is 0 Å². The van der Waals surface area contributed by atoms with Crippen molar-refractivity contribution in [3.8, 4) is 5.88 Å². The van der Waals surface area contributed by atoms with Crippen molar-refractivity contribution in [3.05, 3.63) is 69.2 Å². The molecule has 0 unspecified atom stereocenters. The smallest absolute Gasteiger partial charge is 0.326 e. The minimum atomic E-state index is -3.95. The quantitative estimate of drug-likeness (QED) is 0.226. The number of hydrogen-bond acceptors (Lipinski definition) is 8. The largest absolute Gasteiger partial charge is 0.493 e. The maximum Gasteiger partial charge on any atom is 0.326 e. The van der Waals surface area contributed by atoms with Crippen molar-refractivity contribution in [2.75, 3.05) is 5.32 Å². The van der Waals surface area contributed by atoms with E-state index in [9.17, 15) is 22.7 Å². The van der Waals surface area contributed by atoms with E-state index in [0.29, 0.717) is 47.9 Å². The average molecular weight is 555 g/mol. The Labute approximate surface area is 221 Å². The van der Waals surface area contributed by atoms with Crippen molar-refractivity contribution < 1.29 is 17.9 Å². The average Bonchev–Trinajstić information content (AvgIpc) is 3.53. The Hall–Kier alpha value is -4.04. The molecule has 3 aromatic heterocycles. The summed E-state index contributed by atoms with van der Waals surface area (Å²) in [4.78, 5) is 25.5. The van der Waals surface area contributed by atoms with Gasteiger partial charge in [0.25, 0.3) is 0 Å². The number of fused-ring (bicyclic) bond motifs is 1. The first-order valence-corrected chi connectivity index (χ1v) is 14.2. The number of imidazole rings is 1. The molecule has 2 saturated carbocycles. The number of aromatic nitrogens is 5. The predicted molar refractivity (Wildman–Crippen MR) is 140 cm³/mol. The molecule has 1 aromatic carbocycles. The lowest BCUT2D eigenvalue weighted by Crippen LogP contribution is -2.40. The van der Waals surface area contributed by atoms with Gasteiger partial charge in [0.05, 0.1) is 12.2 Å². The Kier molecular flexibility index (Phi) is 6.43. The van der Waals surface area contributed by atoms with Gasteiger partial charge in [-0.1, -0.05) is 12.1 Å². The fourth-order valence-corrected chi connectivity index (χ4v) is 6.16. The second-order valence-corrected chi connectivity index (χ2v) is 11.6. The van der Waals surface area contributed by atoms with Crippen LogP contribution in [0, 0.1) is 5.82 Å². The third kappa shape index (κ3) is 5.43. The summed E-state index contributed by atoms with van der Waals surface area (Å²) in [6.45, 7) is 0. The highest BCUT2D eigenvalue weighted by Gasteiger charge is 2.27. The first kappa shape index (κ1) is 25.2. The van der Waals surface area contributed by atoms with Crippen molar-refractivity contribution in [2.45, 2.75) is 61.5 Å². The van der Waals surface area contributed by atoms with Gasteiger partial charge in [0.2, 0.25) is 15.9 Å². The summed E-state index contributed by atoms with van der Waals surface area (Å²) in [5.41, 5.74) is 0.837. The molecule has 0 spiro atoms. The van der Waals surface area contributed by atoms with Gasteiger partial charge in [-0.15, -0.1) is 0 Å². The Morgan fingerprint density at radius 3 is 2.54 bits per heavy atom. The summed E-state index contributed by atoms with van der Waals surface area (Å²) in [7, 11) is -3.95. The van der Waals surface area contributed by atoms with E-state index in [1.807, 2.05) is 6.07 Å². The number of halogens is 1. The molecule has 6 rings (SSSR count). The van der Waals surface area contributed by atoms with Gasteiger partial charge >= 0.3 is 5.69 Å². The van der Waals surface area contributed by atoms with E-state index in [1.54, 1.807) is 16.8 Å². The van der Waals surface area contributed by atoms with Gasteiger partial charge in [0, 0.05) is 23.4 Å². The summed E-state index contributed by atoms with van der Waals surface area (Å²) in [5, 5.41) is 18.4. The van der Waals surface area contributed by atoms with Crippen LogP contribution in [0.4, 0.5) is 10.2 Å². The monoisotopic (exact) mass is 554 g/mol. The Balaban J connectivity index is 1.22. The molecule has 5 N–H and O–H groups in total. The van der Waals surface area contributed by atoms with Gasteiger partial charge in [-0.25, -0.2) is 27.3 Å². The van der Waals surface area contributed by atoms with Crippen LogP contribution in [0.15, 0.2) is 51.2 Å². The van der Waals surface area contributed by atoms with Crippen LogP contribution in [-0.2, 0) is 10.0 Å². The van der Waals surface area contributed by atoms with Gasteiger partial charge in [0.1, 0.15) is 22.2 Å². The number of nitrogens with zero attached hydrogens (tertiary/aromatic N) is 4. The molecule has 204 valence electrons. The molecule has 12 nitrogen and oxygen atoms in total. The normalized spacial score (nSPS) is 21.1. The van der Waals surface area contributed by atoms with Gasteiger partial charge in [0.15, 0.2) is 11.1 Å². The van der Waals surface area contributed by atoms with Crippen molar-refractivity contribution in [1.82, 2.24) is 29.3 Å². The number of H-pyrrole nitrogens is 2. The molecule has 0 saturated heterocycles. The van der Waals surface area contributed by atoms with Crippen LogP contribution in [0.3, 0.4) is 0 Å². The molecular formula is C25H27FN8O4S. The fourth-order valence-electron chi connectivity index (χ4n) is 4.78. The highest BCUT2D eigenvalue weighted by molar-refractivity contribution is 7.89. The Bertz CT molecular complexity index is 1820. The molecule has 0 radical (unpaired) electrons. The van der Waals surface area contributed by atoms with Gasteiger partial charge < -0.3 is 15.4 Å². The molecule has 39 heavy (non-hydrogen) atoms. The maximum atomic E-state index is 14.0. The summed E-state index contributed by atoms with van der Waals surface area (Å²) >= 11 is 0. The fraction of sp³-hybridized carbons (Fsp3) is 0.360. The standard InChI is InChI=1S/C25H27FN8O4S/c26-18-3-1-2-4-20(18)39(37,38)33-17-9-7-15(8-10-17)28-21-12-22(29-16-5-6-16)34-23(31-21)14(13-27-34)11-19-24(35)32-25(36)30-19/h1-4,11-13,15-17,28,33,35H,5-10H2,(H2,30,32,36). The summed E-state index contributed by atoms with van der Waals surface area (Å²) in [5.74, 6) is -0.457. The van der Waals surface area contributed by atoms with Crippen molar-refractivity contribution in [3.63, 3.8) is 0 Å². The van der Waals surface area contributed by atoms with E-state index in [4.69, 9.17) is 9.98 Å². The van der Waals surface area contributed by atoms with Crippen LogP contribution in [0.5, 0.6) is 5.88 Å². The summed E-state index contributed by atoms with van der Waals surface area (Å²) < 4.78 is 43.7. The zero-order chi connectivity index (χ0) is 27.1. The van der Waals surface area contributed by atoms with Crippen LogP contribution in [0.25, 0.3) is 11.7 Å². The Morgan fingerprint density at radius 1 is 1.10 bits per heavy atom. The minimum Gasteiger partial charge on any atom is -0.493 e. The highest BCUT2D eigenvalue weighted by atomic mass is 32.2. The van der Waals surface area contributed by atoms with E-state index in [2.05, 4.69) is 25.1 Å². The van der Waals surface area contributed by atoms with Gasteiger partial charge in [-0.05, 0) is 56.7 Å². The van der Waals surface area contributed by atoms with Gasteiger partial charge in [-0.2, -0.15) is 9.61 Å². The number of aromatic amines is 2. The van der Waals surface area contributed by atoms with Crippen LogP contribution < -0.4 is 26.4 Å². The number of hydrogen-bond donors (Lipinski definition) is 5. The lowest BCUT2D eigenvalue weighted by atomic mass is 9.92.